The zero-order valence-electron chi connectivity index (χ0n) is 13.6. The third-order valence-electron chi connectivity index (χ3n) is 3.48. The van der Waals surface area contributed by atoms with Crippen LogP contribution in [0.4, 0.5) is 10.5 Å². The molecule has 0 bridgehead atoms. The van der Waals surface area contributed by atoms with Crippen molar-refractivity contribution >= 4 is 46.9 Å². The molecule has 1 aliphatic rings. The van der Waals surface area contributed by atoms with E-state index in [0.29, 0.717) is 15.7 Å². The third kappa shape index (κ3) is 5.51. The molecular formula is C16H18Cl2N2O5. The molecule has 25 heavy (non-hydrogen) atoms. The van der Waals surface area contributed by atoms with Crippen LogP contribution < -0.4 is 10.2 Å². The molecule has 1 aliphatic heterocycles. The zero-order chi connectivity index (χ0) is 18.4. The fraction of sp³-hybridized carbons (Fsp3) is 0.438. The van der Waals surface area contributed by atoms with Crippen molar-refractivity contribution in [3.8, 4) is 0 Å². The standard InChI is InChI=1S/C16H18Cl2N2O5/c1-2-24-15(22)6-5-14(21)19-8-11-9-20(16(23)25-11)10-3-4-12(17)13(18)7-10/h3-4,7,11H,2,5-6,8-9H2,1H3,(H,19,21)/t11-/m1/s1. The lowest BCUT2D eigenvalue weighted by molar-refractivity contribution is -0.144. The molecule has 1 aromatic rings. The molecule has 1 atom stereocenters. The predicted octanol–water partition coefficient (Wildman–Crippen LogP) is 2.78. The van der Waals surface area contributed by atoms with E-state index in [1.54, 1.807) is 25.1 Å². The summed E-state index contributed by atoms with van der Waals surface area (Å²) in [4.78, 5) is 36.3. The minimum absolute atomic E-state index is 0.0134. The molecule has 0 aromatic heterocycles. The number of rotatable bonds is 7. The first-order valence-corrected chi connectivity index (χ1v) is 8.51. The van der Waals surface area contributed by atoms with Crippen molar-refractivity contribution in [3.05, 3.63) is 28.2 Å². The lowest BCUT2D eigenvalue weighted by Gasteiger charge is -2.13. The number of hydrogen-bond donors (Lipinski definition) is 1. The minimum Gasteiger partial charge on any atom is -0.466 e. The maximum absolute atomic E-state index is 12.0. The number of nitrogens with one attached hydrogen (secondary N) is 1. The first-order chi connectivity index (χ1) is 11.9. The molecule has 1 heterocycles. The van der Waals surface area contributed by atoms with E-state index >= 15 is 0 Å². The van der Waals surface area contributed by atoms with Crippen molar-refractivity contribution in [2.75, 3.05) is 24.6 Å². The number of cyclic esters (lactones) is 1. The quantitative estimate of drug-likeness (QED) is 0.725. The first-order valence-electron chi connectivity index (χ1n) is 7.76. The molecule has 2 amide bonds. The Morgan fingerprint density at radius 1 is 1.32 bits per heavy atom. The second kappa shape index (κ2) is 8.92. The van der Waals surface area contributed by atoms with Crippen molar-refractivity contribution in [1.29, 1.82) is 0 Å². The fourth-order valence-electron chi connectivity index (χ4n) is 2.26. The SMILES string of the molecule is CCOC(=O)CCC(=O)NC[C@@H]1CN(c2ccc(Cl)c(Cl)c2)C(=O)O1. The number of carbonyl (C=O) groups is 3. The van der Waals surface area contributed by atoms with Crippen molar-refractivity contribution in [2.45, 2.75) is 25.9 Å². The van der Waals surface area contributed by atoms with Crippen LogP contribution in [0.15, 0.2) is 18.2 Å². The van der Waals surface area contributed by atoms with Gasteiger partial charge in [0.05, 0.1) is 36.2 Å². The van der Waals surface area contributed by atoms with Gasteiger partial charge in [0.2, 0.25) is 5.91 Å². The molecule has 136 valence electrons. The topological polar surface area (TPSA) is 84.9 Å². The number of benzene rings is 1. The normalized spacial score (nSPS) is 16.5. The smallest absolute Gasteiger partial charge is 0.414 e. The van der Waals surface area contributed by atoms with E-state index in [1.807, 2.05) is 0 Å². The van der Waals surface area contributed by atoms with Gasteiger partial charge in [0.15, 0.2) is 0 Å². The summed E-state index contributed by atoms with van der Waals surface area (Å²) in [6, 6.07) is 4.83. The minimum atomic E-state index is -0.524. The highest BCUT2D eigenvalue weighted by Crippen LogP contribution is 2.29. The van der Waals surface area contributed by atoms with Crippen molar-refractivity contribution < 1.29 is 23.9 Å². The van der Waals surface area contributed by atoms with Gasteiger partial charge in [-0.15, -0.1) is 0 Å². The van der Waals surface area contributed by atoms with E-state index in [4.69, 9.17) is 32.7 Å². The maximum Gasteiger partial charge on any atom is 0.414 e. The Labute approximate surface area is 155 Å². The second-order valence-corrected chi connectivity index (χ2v) is 6.14. The molecular weight excluding hydrogens is 371 g/mol. The number of ether oxygens (including phenoxy) is 2. The predicted molar refractivity (Wildman–Crippen MR) is 93.0 cm³/mol. The van der Waals surface area contributed by atoms with Crippen LogP contribution in [0.5, 0.6) is 0 Å². The Morgan fingerprint density at radius 2 is 2.08 bits per heavy atom. The summed E-state index contributed by atoms with van der Waals surface area (Å²) >= 11 is 11.8. The van der Waals surface area contributed by atoms with Crippen molar-refractivity contribution in [1.82, 2.24) is 5.32 Å². The van der Waals surface area contributed by atoms with Gasteiger partial charge in [-0.3, -0.25) is 14.5 Å². The van der Waals surface area contributed by atoms with E-state index in [1.165, 1.54) is 4.90 Å². The highest BCUT2D eigenvalue weighted by Gasteiger charge is 2.32. The number of hydrogen-bond acceptors (Lipinski definition) is 5. The Morgan fingerprint density at radius 3 is 2.76 bits per heavy atom. The molecule has 1 aromatic carbocycles. The van der Waals surface area contributed by atoms with Gasteiger partial charge in [-0.25, -0.2) is 4.79 Å². The van der Waals surface area contributed by atoms with Gasteiger partial charge in [0.25, 0.3) is 0 Å². The summed E-state index contributed by atoms with van der Waals surface area (Å²) in [6.45, 7) is 2.41. The van der Waals surface area contributed by atoms with E-state index < -0.39 is 18.2 Å². The van der Waals surface area contributed by atoms with Gasteiger partial charge in [0, 0.05) is 12.1 Å². The van der Waals surface area contributed by atoms with Crippen molar-refractivity contribution in [3.63, 3.8) is 0 Å². The molecule has 1 N–H and O–H groups in total. The first kappa shape index (κ1) is 19.3. The highest BCUT2D eigenvalue weighted by molar-refractivity contribution is 6.42. The number of amides is 2. The molecule has 0 aliphatic carbocycles. The summed E-state index contributed by atoms with van der Waals surface area (Å²) < 4.78 is 9.97. The van der Waals surface area contributed by atoms with E-state index in [9.17, 15) is 14.4 Å². The number of carbonyl (C=O) groups excluding carboxylic acids is 3. The maximum atomic E-state index is 12.0. The van der Waals surface area contributed by atoms with Crippen LogP contribution in [0, 0.1) is 0 Å². The number of anilines is 1. The number of halogens is 2. The molecule has 1 fully saturated rings. The largest absolute Gasteiger partial charge is 0.466 e. The highest BCUT2D eigenvalue weighted by atomic mass is 35.5. The van der Waals surface area contributed by atoms with E-state index in [2.05, 4.69) is 5.32 Å². The molecule has 9 heteroatoms. The van der Waals surface area contributed by atoms with Crippen LogP contribution in [0.25, 0.3) is 0 Å². The lowest BCUT2D eigenvalue weighted by atomic mass is 10.2. The van der Waals surface area contributed by atoms with Crippen molar-refractivity contribution in [2.24, 2.45) is 0 Å². The summed E-state index contributed by atoms with van der Waals surface area (Å²) in [7, 11) is 0. The van der Waals surface area contributed by atoms with Crippen LogP contribution in [0.1, 0.15) is 19.8 Å². The van der Waals surface area contributed by atoms with Crippen LogP contribution in [0.3, 0.4) is 0 Å². The monoisotopic (exact) mass is 388 g/mol. The zero-order valence-corrected chi connectivity index (χ0v) is 15.1. The Bertz CT molecular complexity index is 668. The summed E-state index contributed by atoms with van der Waals surface area (Å²) in [5.41, 5.74) is 0.565. The average molecular weight is 389 g/mol. The summed E-state index contributed by atoms with van der Waals surface area (Å²) in [6.07, 6.45) is -0.979. The molecule has 0 saturated carbocycles. The second-order valence-electron chi connectivity index (χ2n) is 5.32. The number of nitrogens with zero attached hydrogens (tertiary/aromatic N) is 1. The van der Waals surface area contributed by atoms with E-state index in [0.717, 1.165) is 0 Å². The third-order valence-corrected chi connectivity index (χ3v) is 4.22. The molecule has 7 nitrogen and oxygen atoms in total. The molecule has 0 unspecified atom stereocenters. The number of esters is 1. The van der Waals surface area contributed by atoms with Gasteiger partial charge < -0.3 is 14.8 Å². The summed E-state index contributed by atoms with van der Waals surface area (Å²) in [5.74, 6) is -0.729. The van der Waals surface area contributed by atoms with Gasteiger partial charge in [0.1, 0.15) is 6.10 Å². The molecule has 2 rings (SSSR count). The average Bonchev–Trinajstić information content (AvgIpc) is 2.95. The van der Waals surface area contributed by atoms with Gasteiger partial charge in [-0.05, 0) is 25.1 Å². The Balaban J connectivity index is 1.81. The molecule has 0 radical (unpaired) electrons. The van der Waals surface area contributed by atoms with Crippen LogP contribution >= 0.6 is 23.2 Å². The lowest BCUT2D eigenvalue weighted by Crippen LogP contribution is -2.34. The Kier molecular flexibility index (Phi) is 6.90. The Hall–Kier alpha value is -1.99. The van der Waals surface area contributed by atoms with Crippen LogP contribution in [0.2, 0.25) is 10.0 Å². The summed E-state index contributed by atoms with van der Waals surface area (Å²) in [5, 5.41) is 3.37. The molecule has 0 spiro atoms. The van der Waals surface area contributed by atoms with Crippen LogP contribution in [-0.2, 0) is 19.1 Å². The van der Waals surface area contributed by atoms with Gasteiger partial charge >= 0.3 is 12.1 Å². The van der Waals surface area contributed by atoms with Gasteiger partial charge in [-0.2, -0.15) is 0 Å². The van der Waals surface area contributed by atoms with E-state index in [-0.39, 0.29) is 38.4 Å². The fourth-order valence-corrected chi connectivity index (χ4v) is 2.55. The molecule has 1 saturated heterocycles. The van der Waals surface area contributed by atoms with Crippen LogP contribution in [-0.4, -0.2) is 43.8 Å². The van der Waals surface area contributed by atoms with Gasteiger partial charge in [-0.1, -0.05) is 23.2 Å².